The van der Waals surface area contributed by atoms with Crippen LogP contribution in [-0.2, 0) is 34.2 Å². The zero-order chi connectivity index (χ0) is 23.8. The van der Waals surface area contributed by atoms with Gasteiger partial charge in [0.05, 0.1) is 11.4 Å². The van der Waals surface area contributed by atoms with Gasteiger partial charge in [-0.05, 0) is 79.8 Å². The monoisotopic (exact) mass is 495 g/mol. The molecule has 0 radical (unpaired) electrons. The molecular weight excluding hydrogens is 467 g/mol. The third kappa shape index (κ3) is 5.29. The average molecular weight is 496 g/mol. The van der Waals surface area contributed by atoms with Gasteiger partial charge in [-0.3, -0.25) is 18.5 Å². The Bertz CT molecular complexity index is 1180. The van der Waals surface area contributed by atoms with Crippen molar-refractivity contribution in [1.29, 1.82) is 0 Å². The standard InChI is InChI=1S/C23H29FN2O5S2/c1-14(32(27)28)16-11-12-19(24)18(13-16)21-17-9-5-6-10-20(17)25-22(15-7-3-2-4-8-15)23(21)26-33(29,30)31/h11-15,26H,2-10H2,1H3,(H,27,28)(H,29,30,31)/p-1. The summed E-state index contributed by atoms with van der Waals surface area (Å²) in [7, 11) is -4.66. The number of rotatable bonds is 6. The van der Waals surface area contributed by atoms with Crippen molar-refractivity contribution in [2.75, 3.05) is 4.72 Å². The molecule has 0 saturated heterocycles. The third-order valence-electron chi connectivity index (χ3n) is 6.74. The molecule has 2 aliphatic carbocycles. The van der Waals surface area contributed by atoms with E-state index in [-0.39, 0.29) is 17.2 Å². The summed E-state index contributed by atoms with van der Waals surface area (Å²) in [6, 6.07) is 4.10. The van der Waals surface area contributed by atoms with Crippen LogP contribution < -0.4 is 4.72 Å². The minimum Gasteiger partial charge on any atom is -0.772 e. The molecule has 1 saturated carbocycles. The maximum absolute atomic E-state index is 15.3. The lowest BCUT2D eigenvalue weighted by Gasteiger charge is -2.29. The highest BCUT2D eigenvalue weighted by molar-refractivity contribution is 7.87. The summed E-state index contributed by atoms with van der Waals surface area (Å²) in [5, 5.41) is -0.863. The molecule has 0 spiro atoms. The van der Waals surface area contributed by atoms with Gasteiger partial charge in [0.1, 0.15) is 5.82 Å². The van der Waals surface area contributed by atoms with Gasteiger partial charge in [0.2, 0.25) is 0 Å². The molecule has 10 heteroatoms. The van der Waals surface area contributed by atoms with Gasteiger partial charge >= 0.3 is 10.3 Å². The molecule has 33 heavy (non-hydrogen) atoms. The quantitative estimate of drug-likeness (QED) is 0.431. The van der Waals surface area contributed by atoms with Crippen LogP contribution >= 0.6 is 0 Å². The number of pyridine rings is 1. The van der Waals surface area contributed by atoms with Crippen LogP contribution in [0.1, 0.15) is 85.6 Å². The zero-order valence-electron chi connectivity index (χ0n) is 18.5. The van der Waals surface area contributed by atoms with Crippen LogP contribution in [0.25, 0.3) is 11.1 Å². The first kappa shape index (κ1) is 24.3. The van der Waals surface area contributed by atoms with E-state index in [4.69, 9.17) is 4.98 Å². The second-order valence-electron chi connectivity index (χ2n) is 8.93. The van der Waals surface area contributed by atoms with Crippen molar-refractivity contribution in [2.24, 2.45) is 0 Å². The largest absolute Gasteiger partial charge is 0.772 e. The Morgan fingerprint density at radius 1 is 1.18 bits per heavy atom. The van der Waals surface area contributed by atoms with Crippen LogP contribution in [0.2, 0.25) is 0 Å². The fourth-order valence-electron chi connectivity index (χ4n) is 5.06. The normalized spacial score (nSPS) is 19.0. The van der Waals surface area contributed by atoms with Crippen molar-refractivity contribution in [3.8, 4) is 11.1 Å². The average Bonchev–Trinajstić information content (AvgIpc) is 2.78. The zero-order valence-corrected chi connectivity index (χ0v) is 20.1. The van der Waals surface area contributed by atoms with E-state index in [1.54, 1.807) is 0 Å². The van der Waals surface area contributed by atoms with Gasteiger partial charge in [-0.25, -0.2) is 4.39 Å². The van der Waals surface area contributed by atoms with Crippen molar-refractivity contribution in [1.82, 2.24) is 4.98 Å². The summed E-state index contributed by atoms with van der Waals surface area (Å²) in [4.78, 5) is 4.86. The summed E-state index contributed by atoms with van der Waals surface area (Å²) in [5.41, 5.74) is 3.10. The van der Waals surface area contributed by atoms with Crippen molar-refractivity contribution >= 4 is 27.1 Å². The van der Waals surface area contributed by atoms with E-state index in [0.29, 0.717) is 29.7 Å². The smallest absolute Gasteiger partial charge is 0.357 e. The van der Waals surface area contributed by atoms with E-state index in [2.05, 4.69) is 4.72 Å². The van der Waals surface area contributed by atoms with E-state index >= 15 is 4.39 Å². The van der Waals surface area contributed by atoms with Crippen molar-refractivity contribution < 1.29 is 26.1 Å². The Hall–Kier alpha value is -1.88. The predicted molar refractivity (Wildman–Crippen MR) is 125 cm³/mol. The Kier molecular flexibility index (Phi) is 7.18. The first-order valence-corrected chi connectivity index (χ1v) is 13.9. The molecule has 0 amide bonds. The fraction of sp³-hybridized carbons (Fsp3) is 0.522. The number of hydrogen-bond donors (Lipinski definition) is 2. The minimum atomic E-state index is -4.66. The first-order valence-electron chi connectivity index (χ1n) is 11.3. The lowest BCUT2D eigenvalue weighted by Crippen LogP contribution is -2.20. The van der Waals surface area contributed by atoms with Gasteiger partial charge in [0.25, 0.3) is 0 Å². The Morgan fingerprint density at radius 2 is 1.88 bits per heavy atom. The molecule has 1 heterocycles. The highest BCUT2D eigenvalue weighted by Gasteiger charge is 2.30. The third-order valence-corrected chi connectivity index (χ3v) is 8.05. The summed E-state index contributed by atoms with van der Waals surface area (Å²) < 4.78 is 74.3. The van der Waals surface area contributed by atoms with Gasteiger partial charge < -0.3 is 4.55 Å². The lowest BCUT2D eigenvalue weighted by molar-refractivity contribution is 0.436. The van der Waals surface area contributed by atoms with Crippen molar-refractivity contribution in [2.45, 2.75) is 75.9 Å². The summed E-state index contributed by atoms with van der Waals surface area (Å²) in [5.74, 6) is -0.595. The molecule has 180 valence electrons. The molecule has 2 unspecified atom stereocenters. The number of nitrogens with zero attached hydrogens (tertiary/aromatic N) is 1. The van der Waals surface area contributed by atoms with Crippen LogP contribution in [0, 0.1) is 5.82 Å². The van der Waals surface area contributed by atoms with Gasteiger partial charge in [-0.15, -0.1) is 0 Å². The number of fused-ring (bicyclic) bond motifs is 1. The molecular formula is C23H28FN2O5S2-. The Morgan fingerprint density at radius 3 is 2.55 bits per heavy atom. The number of nitrogens with one attached hydrogen (secondary N) is 1. The molecule has 1 aromatic carbocycles. The SMILES string of the molecule is CC(c1ccc(F)c(-c2c3c(nc(C4CCCCC4)c2NS(=O)(=O)O)CCCC3)c1)S(=O)[O-]. The maximum atomic E-state index is 15.3. The summed E-state index contributed by atoms with van der Waals surface area (Å²) in [6.45, 7) is 1.51. The number of anilines is 1. The van der Waals surface area contributed by atoms with Crippen molar-refractivity contribution in [3.63, 3.8) is 0 Å². The van der Waals surface area contributed by atoms with Crippen molar-refractivity contribution in [3.05, 3.63) is 46.5 Å². The van der Waals surface area contributed by atoms with Gasteiger partial charge in [0, 0.05) is 28.0 Å². The molecule has 7 nitrogen and oxygen atoms in total. The maximum Gasteiger partial charge on any atom is 0.357 e. The highest BCUT2D eigenvalue weighted by atomic mass is 32.2. The van der Waals surface area contributed by atoms with Gasteiger partial charge in [-0.2, -0.15) is 8.42 Å². The summed E-state index contributed by atoms with van der Waals surface area (Å²) >= 11 is -2.40. The number of halogens is 1. The number of aromatic nitrogens is 1. The van der Waals surface area contributed by atoms with Crippen LogP contribution in [0.5, 0.6) is 0 Å². The van der Waals surface area contributed by atoms with Crippen LogP contribution in [-0.4, -0.2) is 26.7 Å². The summed E-state index contributed by atoms with van der Waals surface area (Å²) in [6.07, 6.45) is 7.81. The second kappa shape index (κ2) is 9.77. The van der Waals surface area contributed by atoms with E-state index in [0.717, 1.165) is 56.2 Å². The van der Waals surface area contributed by atoms with Crippen LogP contribution in [0.3, 0.4) is 0 Å². The topological polar surface area (TPSA) is 119 Å². The number of hydrogen-bond acceptors (Lipinski definition) is 5. The molecule has 2 aromatic rings. The predicted octanol–water partition coefficient (Wildman–Crippen LogP) is 4.97. The van der Waals surface area contributed by atoms with E-state index in [1.165, 1.54) is 25.1 Å². The lowest BCUT2D eigenvalue weighted by atomic mass is 9.81. The van der Waals surface area contributed by atoms with E-state index in [1.807, 2.05) is 0 Å². The second-order valence-corrected chi connectivity index (χ2v) is 11.3. The Balaban J connectivity index is 2.02. The molecule has 2 N–H and O–H groups in total. The minimum absolute atomic E-state index is 0.00621. The van der Waals surface area contributed by atoms with E-state index in [9.17, 15) is 21.7 Å². The Labute approximate surface area is 196 Å². The molecule has 0 aliphatic heterocycles. The molecule has 2 aliphatic rings. The van der Waals surface area contributed by atoms with Crippen LogP contribution in [0.4, 0.5) is 10.1 Å². The highest BCUT2D eigenvalue weighted by Crippen LogP contribution is 2.45. The fourth-order valence-corrected chi connectivity index (χ4v) is 5.90. The van der Waals surface area contributed by atoms with E-state index < -0.39 is 32.5 Å². The van der Waals surface area contributed by atoms with Gasteiger partial charge in [0.15, 0.2) is 0 Å². The molecule has 0 bridgehead atoms. The van der Waals surface area contributed by atoms with Gasteiger partial charge in [-0.1, -0.05) is 25.3 Å². The number of aryl methyl sites for hydroxylation is 1. The molecule has 4 rings (SSSR count). The first-order chi connectivity index (χ1) is 15.7. The molecule has 1 aromatic heterocycles. The number of benzene rings is 1. The molecule has 1 fully saturated rings. The van der Waals surface area contributed by atoms with Crippen LogP contribution in [0.15, 0.2) is 18.2 Å². The molecule has 2 atom stereocenters.